The molecule has 6 amide bonds. The number of ether oxygens (including phenoxy) is 2. The Kier molecular flexibility index (Phi) is 19.4. The lowest BCUT2D eigenvalue weighted by atomic mass is 9.85. The molecule has 1 unspecified atom stereocenters. The largest absolute Gasteiger partial charge is 0.391 e. The van der Waals surface area contributed by atoms with Crippen molar-refractivity contribution in [3.05, 3.63) is 82.1 Å². The normalized spacial score (nSPS) is 19.0. The summed E-state index contributed by atoms with van der Waals surface area (Å²) in [6.45, 7) is 22.3. The van der Waals surface area contributed by atoms with Crippen LogP contribution in [0.3, 0.4) is 0 Å². The fourth-order valence-electron chi connectivity index (χ4n) is 9.27. The van der Waals surface area contributed by atoms with Crippen LogP contribution in [0.15, 0.2) is 59.6 Å². The fraction of sp³-hybridized carbons (Fsp3) is 0.571. The Morgan fingerprint density at radius 3 is 1.42 bits per heavy atom. The Hall–Kier alpha value is -5.64. The Morgan fingerprint density at radius 1 is 0.632 bits per heavy atom. The summed E-state index contributed by atoms with van der Waals surface area (Å²) in [6.07, 6.45) is -1.82. The molecule has 2 aliphatic heterocycles. The van der Waals surface area contributed by atoms with Crippen LogP contribution >= 0.6 is 22.7 Å². The van der Waals surface area contributed by atoms with Crippen molar-refractivity contribution in [1.82, 2.24) is 41.0 Å². The second-order valence-electron chi connectivity index (χ2n) is 23.8. The SMILES string of the molecule is Cc1ncsc1-c1ccc(CNC(=O)[C@@H]2C[C@@H](O)CN2C(=O)C(NC(=O)CC(C)(C)OCC(C)(C)COCC(=O)N[C@H](C(=O)N2C[C@H](O)C[C@H]2C(=O)NCc2ccc(-c3scnc3C)cc2)C(C)(C)C)C(C)(C)C)cc1. The smallest absolute Gasteiger partial charge is 0.246 e. The Bertz CT molecular complexity index is 2670. The van der Waals surface area contributed by atoms with Crippen molar-refractivity contribution in [3.63, 3.8) is 0 Å². The van der Waals surface area contributed by atoms with Gasteiger partial charge in [0.2, 0.25) is 35.4 Å². The van der Waals surface area contributed by atoms with Gasteiger partial charge in [0.1, 0.15) is 30.8 Å². The van der Waals surface area contributed by atoms with Gasteiger partial charge in [-0.1, -0.05) is 104 Å². The Morgan fingerprint density at radius 2 is 1.04 bits per heavy atom. The summed E-state index contributed by atoms with van der Waals surface area (Å²) in [7, 11) is 0. The molecule has 4 heterocycles. The highest BCUT2D eigenvalue weighted by Gasteiger charge is 2.46. The molecule has 0 bridgehead atoms. The van der Waals surface area contributed by atoms with Crippen molar-refractivity contribution in [3.8, 4) is 20.9 Å². The molecule has 6 N–H and O–H groups in total. The zero-order valence-corrected chi connectivity index (χ0v) is 47.7. The summed E-state index contributed by atoms with van der Waals surface area (Å²) in [5.41, 5.74) is 6.14. The van der Waals surface area contributed by atoms with Crippen molar-refractivity contribution in [2.24, 2.45) is 16.2 Å². The van der Waals surface area contributed by atoms with Gasteiger partial charge >= 0.3 is 0 Å². The molecule has 2 aromatic heterocycles. The van der Waals surface area contributed by atoms with E-state index in [9.17, 15) is 39.0 Å². The molecule has 4 aromatic rings. The standard InChI is InChI=1S/C56H78N8O10S2/c1-33-45(75-31-59-33)37-17-13-35(14-18-37)24-57-49(69)41-21-39(65)26-63(41)51(71)47(53(3,4)5)61-43(67)23-56(11,12)74-30-55(9,10)29-73-28-44(68)62-48(54(6,7)8)52(72)64-27-40(66)22-42(64)50(70)58-25-36-15-19-38(20-16-36)46-34(2)60-32-76-46/h13-20,31-32,39-42,47-48,65-66H,21-30H2,1-12H3,(H,57,69)(H,58,70)(H,61,67)(H,62,68)/t39-,40-,41+,42+,47?,48-/m1/s1. The predicted octanol–water partition coefficient (Wildman–Crippen LogP) is 5.70. The summed E-state index contributed by atoms with van der Waals surface area (Å²) in [6, 6.07) is 11.7. The maximum atomic E-state index is 14.3. The van der Waals surface area contributed by atoms with E-state index < -0.39 is 93.7 Å². The average molecular weight is 1090 g/mol. The van der Waals surface area contributed by atoms with E-state index in [1.807, 2.05) is 118 Å². The molecule has 6 atom stereocenters. The lowest BCUT2D eigenvalue weighted by Gasteiger charge is -2.36. The molecule has 76 heavy (non-hydrogen) atoms. The molecule has 18 nitrogen and oxygen atoms in total. The summed E-state index contributed by atoms with van der Waals surface area (Å²) in [4.78, 5) is 96.2. The van der Waals surface area contributed by atoms with Crippen molar-refractivity contribution in [2.45, 2.75) is 157 Å². The minimum atomic E-state index is -1.04. The van der Waals surface area contributed by atoms with Crippen LogP contribution < -0.4 is 21.3 Å². The Balaban J connectivity index is 0.958. The topological polar surface area (TPSA) is 242 Å². The molecule has 0 radical (unpaired) electrons. The first-order valence-corrected chi connectivity index (χ1v) is 27.6. The number of likely N-dealkylation sites (tertiary alicyclic amines) is 2. The van der Waals surface area contributed by atoms with Gasteiger partial charge in [-0.3, -0.25) is 28.8 Å². The number of nitrogens with one attached hydrogen (secondary N) is 4. The number of nitrogens with zero attached hydrogens (tertiary/aromatic N) is 4. The van der Waals surface area contributed by atoms with Gasteiger partial charge in [-0.15, -0.1) is 22.7 Å². The fourth-order valence-corrected chi connectivity index (χ4v) is 10.9. The van der Waals surface area contributed by atoms with Crippen molar-refractivity contribution >= 4 is 58.1 Å². The highest BCUT2D eigenvalue weighted by atomic mass is 32.1. The number of carbonyl (C=O) groups is 6. The number of amides is 6. The molecular formula is C56H78N8O10S2. The van der Waals surface area contributed by atoms with Crippen LogP contribution in [0.5, 0.6) is 0 Å². The molecule has 0 saturated carbocycles. The minimum Gasteiger partial charge on any atom is -0.391 e. The summed E-state index contributed by atoms with van der Waals surface area (Å²) < 4.78 is 12.2. The van der Waals surface area contributed by atoms with E-state index in [-0.39, 0.29) is 65.3 Å². The molecule has 0 spiro atoms. The van der Waals surface area contributed by atoms with Gasteiger partial charge in [0.05, 0.1) is 69.6 Å². The Labute approximate surface area is 455 Å². The molecule has 414 valence electrons. The van der Waals surface area contributed by atoms with Gasteiger partial charge in [0.25, 0.3) is 0 Å². The first-order valence-electron chi connectivity index (χ1n) is 25.8. The molecule has 2 saturated heterocycles. The van der Waals surface area contributed by atoms with Gasteiger partial charge in [-0.05, 0) is 60.8 Å². The van der Waals surface area contributed by atoms with E-state index in [1.165, 1.54) is 9.80 Å². The van der Waals surface area contributed by atoms with Gasteiger partial charge in [0.15, 0.2) is 0 Å². The third-order valence-corrected chi connectivity index (χ3v) is 15.5. The van der Waals surface area contributed by atoms with Crippen LogP contribution in [0.25, 0.3) is 20.9 Å². The molecule has 2 fully saturated rings. The van der Waals surface area contributed by atoms with Crippen LogP contribution in [-0.2, 0) is 51.3 Å². The van der Waals surface area contributed by atoms with Gasteiger partial charge < -0.3 is 50.8 Å². The maximum absolute atomic E-state index is 14.3. The quantitative estimate of drug-likeness (QED) is 0.0590. The molecule has 6 rings (SSSR count). The zero-order valence-electron chi connectivity index (χ0n) is 46.1. The molecule has 0 aliphatic carbocycles. The number of benzene rings is 2. The van der Waals surface area contributed by atoms with Crippen LogP contribution in [0.1, 0.15) is 111 Å². The lowest BCUT2D eigenvalue weighted by molar-refractivity contribution is -0.146. The lowest BCUT2D eigenvalue weighted by Crippen LogP contribution is -2.58. The minimum absolute atomic E-state index is 0.0537. The van der Waals surface area contributed by atoms with E-state index in [0.29, 0.717) is 0 Å². The van der Waals surface area contributed by atoms with Gasteiger partial charge in [0, 0.05) is 44.4 Å². The van der Waals surface area contributed by atoms with Crippen LogP contribution in [-0.4, -0.2) is 140 Å². The number of carbonyl (C=O) groups excluding carboxylic acids is 6. The molecule has 20 heteroatoms. The first-order chi connectivity index (χ1) is 35.5. The molecular weight excluding hydrogens is 1010 g/mol. The number of aliphatic hydroxyl groups is 2. The van der Waals surface area contributed by atoms with Crippen LogP contribution in [0.2, 0.25) is 0 Å². The number of thiazole rings is 2. The predicted molar refractivity (Wildman–Crippen MR) is 293 cm³/mol. The second-order valence-corrected chi connectivity index (χ2v) is 25.5. The number of rotatable bonds is 21. The number of β-amino-alcohol motifs (C(OH)–C–C–N with tert-alkyl or cyclic N) is 2. The third-order valence-electron chi connectivity index (χ3n) is 13.6. The number of aromatic nitrogens is 2. The molecule has 2 aromatic carbocycles. The first kappa shape index (κ1) is 59.6. The van der Waals surface area contributed by atoms with E-state index in [1.54, 1.807) is 47.5 Å². The van der Waals surface area contributed by atoms with E-state index >= 15 is 0 Å². The highest BCUT2D eigenvalue weighted by Crippen LogP contribution is 2.32. The average Bonchev–Trinajstić information content (AvgIpc) is 4.16. The number of hydrogen-bond donors (Lipinski definition) is 6. The number of aryl methyl sites for hydroxylation is 2. The number of hydrogen-bond acceptors (Lipinski definition) is 14. The second kappa shape index (κ2) is 24.8. The van der Waals surface area contributed by atoms with E-state index in [0.717, 1.165) is 43.4 Å². The van der Waals surface area contributed by atoms with E-state index in [2.05, 4.69) is 31.2 Å². The monoisotopic (exact) mass is 1090 g/mol. The summed E-state index contributed by atoms with van der Waals surface area (Å²) in [5, 5.41) is 32.9. The van der Waals surface area contributed by atoms with Crippen LogP contribution in [0, 0.1) is 30.1 Å². The summed E-state index contributed by atoms with van der Waals surface area (Å²) in [5.74, 6) is -2.74. The highest BCUT2D eigenvalue weighted by molar-refractivity contribution is 7.13. The van der Waals surface area contributed by atoms with Gasteiger partial charge in [-0.2, -0.15) is 0 Å². The number of aliphatic hydroxyl groups excluding tert-OH is 2. The van der Waals surface area contributed by atoms with Gasteiger partial charge in [-0.25, -0.2) is 9.97 Å². The summed E-state index contributed by atoms with van der Waals surface area (Å²) >= 11 is 3.12. The maximum Gasteiger partial charge on any atom is 0.246 e. The third kappa shape index (κ3) is 16.0. The van der Waals surface area contributed by atoms with Crippen molar-refractivity contribution < 1.29 is 48.5 Å². The molecule has 2 aliphatic rings. The van der Waals surface area contributed by atoms with E-state index in [4.69, 9.17) is 9.47 Å². The van der Waals surface area contributed by atoms with Crippen LogP contribution in [0.4, 0.5) is 0 Å². The van der Waals surface area contributed by atoms with Crippen molar-refractivity contribution in [2.75, 3.05) is 32.9 Å². The van der Waals surface area contributed by atoms with Crippen molar-refractivity contribution in [1.29, 1.82) is 0 Å². The zero-order chi connectivity index (χ0) is 55.9.